The zero-order valence-corrected chi connectivity index (χ0v) is 10.9. The lowest BCUT2D eigenvalue weighted by Crippen LogP contribution is -2.03. The number of anilines is 1. The first-order valence-electron chi connectivity index (χ1n) is 5.38. The van der Waals surface area contributed by atoms with Crippen LogP contribution in [0.25, 0.3) is 5.69 Å². The van der Waals surface area contributed by atoms with Crippen molar-refractivity contribution in [3.05, 3.63) is 39.1 Å². The summed E-state index contributed by atoms with van der Waals surface area (Å²) < 4.78 is 3.22. The molecule has 0 unspecified atom stereocenters. The summed E-state index contributed by atoms with van der Waals surface area (Å²) in [5.74, 6) is 0.701. The fourth-order valence-corrected chi connectivity index (χ4v) is 2.90. The average molecular weight is 325 g/mol. The summed E-state index contributed by atoms with van der Waals surface area (Å²) in [5, 5.41) is 4.45. The maximum Gasteiger partial charge on any atom is 0.149 e. The van der Waals surface area contributed by atoms with Gasteiger partial charge in [0, 0.05) is 14.8 Å². The van der Waals surface area contributed by atoms with E-state index < -0.39 is 0 Å². The van der Waals surface area contributed by atoms with Gasteiger partial charge in [-0.1, -0.05) is 12.1 Å². The third-order valence-electron chi connectivity index (χ3n) is 3.04. The average Bonchev–Trinajstić information content (AvgIpc) is 2.84. The largest absolute Gasteiger partial charge is 0.382 e. The second-order valence-corrected chi connectivity index (χ2v) is 5.19. The van der Waals surface area contributed by atoms with E-state index in [1.807, 2.05) is 16.8 Å². The van der Waals surface area contributed by atoms with Crippen LogP contribution in [0.3, 0.4) is 0 Å². The van der Waals surface area contributed by atoms with Crippen LogP contribution in [0.1, 0.15) is 17.7 Å². The standard InChI is InChI=1S/C12H12IN3/c13-9-5-1-2-6-11(9)16-10-7-3-4-8(10)12(14)15-16/h1-2,5-6H,3-4,7H2,(H2,14,15). The van der Waals surface area contributed by atoms with Gasteiger partial charge in [-0.05, 0) is 54.0 Å². The summed E-state index contributed by atoms with van der Waals surface area (Å²) >= 11 is 2.34. The van der Waals surface area contributed by atoms with Crippen LogP contribution in [0.5, 0.6) is 0 Å². The summed E-state index contributed by atoms with van der Waals surface area (Å²) in [6.45, 7) is 0. The van der Waals surface area contributed by atoms with E-state index >= 15 is 0 Å². The van der Waals surface area contributed by atoms with E-state index in [0.29, 0.717) is 5.82 Å². The van der Waals surface area contributed by atoms with Gasteiger partial charge < -0.3 is 5.73 Å². The molecule has 0 atom stereocenters. The Kier molecular flexibility index (Phi) is 2.38. The van der Waals surface area contributed by atoms with E-state index in [9.17, 15) is 0 Å². The van der Waals surface area contributed by atoms with Gasteiger partial charge in [-0.15, -0.1) is 0 Å². The highest BCUT2D eigenvalue weighted by atomic mass is 127. The molecule has 0 fully saturated rings. The molecule has 1 aliphatic carbocycles. The van der Waals surface area contributed by atoms with E-state index in [-0.39, 0.29) is 0 Å². The van der Waals surface area contributed by atoms with Gasteiger partial charge in [0.05, 0.1) is 5.69 Å². The van der Waals surface area contributed by atoms with Crippen LogP contribution in [-0.4, -0.2) is 9.78 Å². The predicted octanol–water partition coefficient (Wildman–Crippen LogP) is 2.55. The molecule has 1 aromatic heterocycles. The Morgan fingerprint density at radius 1 is 1.25 bits per heavy atom. The lowest BCUT2D eigenvalue weighted by Gasteiger charge is -2.07. The molecule has 1 aromatic carbocycles. The van der Waals surface area contributed by atoms with Crippen LogP contribution in [0.15, 0.2) is 24.3 Å². The van der Waals surface area contributed by atoms with Gasteiger partial charge in [0.15, 0.2) is 0 Å². The van der Waals surface area contributed by atoms with Crippen LogP contribution in [0, 0.1) is 3.57 Å². The highest BCUT2D eigenvalue weighted by Gasteiger charge is 2.22. The quantitative estimate of drug-likeness (QED) is 0.819. The van der Waals surface area contributed by atoms with Gasteiger partial charge in [-0.3, -0.25) is 0 Å². The highest BCUT2D eigenvalue weighted by Crippen LogP contribution is 2.30. The van der Waals surface area contributed by atoms with E-state index in [4.69, 9.17) is 5.73 Å². The van der Waals surface area contributed by atoms with E-state index in [1.165, 1.54) is 21.2 Å². The Hall–Kier alpha value is -1.04. The summed E-state index contributed by atoms with van der Waals surface area (Å²) in [4.78, 5) is 0. The monoisotopic (exact) mass is 325 g/mol. The second kappa shape index (κ2) is 3.76. The number of aromatic nitrogens is 2. The molecule has 2 aromatic rings. The van der Waals surface area contributed by atoms with Crippen LogP contribution >= 0.6 is 22.6 Å². The van der Waals surface area contributed by atoms with Crippen molar-refractivity contribution in [1.29, 1.82) is 0 Å². The van der Waals surface area contributed by atoms with Crippen molar-refractivity contribution >= 4 is 28.4 Å². The third-order valence-corrected chi connectivity index (χ3v) is 3.95. The maximum absolute atomic E-state index is 5.95. The van der Waals surface area contributed by atoms with E-state index in [1.54, 1.807) is 0 Å². The van der Waals surface area contributed by atoms with Gasteiger partial charge in [0.25, 0.3) is 0 Å². The summed E-state index contributed by atoms with van der Waals surface area (Å²) in [6, 6.07) is 8.26. The van der Waals surface area contributed by atoms with Crippen LogP contribution in [0.4, 0.5) is 5.82 Å². The molecule has 82 valence electrons. The smallest absolute Gasteiger partial charge is 0.149 e. The molecule has 0 aliphatic heterocycles. The lowest BCUT2D eigenvalue weighted by molar-refractivity contribution is 0.786. The van der Waals surface area contributed by atoms with Crippen molar-refractivity contribution in [1.82, 2.24) is 9.78 Å². The zero-order valence-electron chi connectivity index (χ0n) is 8.78. The molecule has 0 radical (unpaired) electrons. The zero-order chi connectivity index (χ0) is 11.1. The van der Waals surface area contributed by atoms with Crippen LogP contribution < -0.4 is 5.73 Å². The van der Waals surface area contributed by atoms with Gasteiger partial charge in [0.1, 0.15) is 5.82 Å². The minimum Gasteiger partial charge on any atom is -0.382 e. The Balaban J connectivity index is 2.21. The molecule has 0 bridgehead atoms. The number of hydrogen-bond donors (Lipinski definition) is 1. The fraction of sp³-hybridized carbons (Fsp3) is 0.250. The molecule has 0 spiro atoms. The number of nitrogens with two attached hydrogens (primary N) is 1. The third kappa shape index (κ3) is 1.43. The van der Waals surface area contributed by atoms with Crippen molar-refractivity contribution in [3.8, 4) is 5.69 Å². The number of hydrogen-bond acceptors (Lipinski definition) is 2. The lowest BCUT2D eigenvalue weighted by atomic mass is 10.2. The minimum atomic E-state index is 0.701. The molecule has 3 rings (SSSR count). The molecule has 1 heterocycles. The molecule has 16 heavy (non-hydrogen) atoms. The summed E-state index contributed by atoms with van der Waals surface area (Å²) in [6.07, 6.45) is 3.36. The second-order valence-electron chi connectivity index (χ2n) is 4.03. The molecular weight excluding hydrogens is 313 g/mol. The van der Waals surface area contributed by atoms with Crippen molar-refractivity contribution in [3.63, 3.8) is 0 Å². The minimum absolute atomic E-state index is 0.701. The molecule has 2 N–H and O–H groups in total. The molecular formula is C12H12IN3. The molecule has 4 heteroatoms. The van der Waals surface area contributed by atoms with Gasteiger partial charge in [-0.25, -0.2) is 4.68 Å². The van der Waals surface area contributed by atoms with Gasteiger partial charge in [-0.2, -0.15) is 5.10 Å². The summed E-state index contributed by atoms with van der Waals surface area (Å²) in [5.41, 5.74) is 9.63. The Morgan fingerprint density at radius 3 is 2.88 bits per heavy atom. The first-order valence-corrected chi connectivity index (χ1v) is 6.46. The Bertz CT molecular complexity index is 545. The van der Waals surface area contributed by atoms with Gasteiger partial charge >= 0.3 is 0 Å². The molecule has 0 saturated heterocycles. The van der Waals surface area contributed by atoms with E-state index in [2.05, 4.69) is 39.8 Å². The van der Waals surface area contributed by atoms with Crippen molar-refractivity contribution in [2.45, 2.75) is 19.3 Å². The number of para-hydroxylation sites is 1. The van der Waals surface area contributed by atoms with Gasteiger partial charge in [0.2, 0.25) is 0 Å². The predicted molar refractivity (Wildman–Crippen MR) is 72.7 cm³/mol. The Labute approximate surface area is 108 Å². The highest BCUT2D eigenvalue weighted by molar-refractivity contribution is 14.1. The molecule has 0 saturated carbocycles. The van der Waals surface area contributed by atoms with Crippen LogP contribution in [-0.2, 0) is 12.8 Å². The van der Waals surface area contributed by atoms with E-state index in [0.717, 1.165) is 18.5 Å². The number of nitrogens with zero attached hydrogens (tertiary/aromatic N) is 2. The first-order chi connectivity index (χ1) is 7.77. The molecule has 3 nitrogen and oxygen atoms in total. The van der Waals surface area contributed by atoms with Crippen LogP contribution in [0.2, 0.25) is 0 Å². The number of nitrogen functional groups attached to an aromatic ring is 1. The SMILES string of the molecule is Nc1nn(-c2ccccc2I)c2c1CCC2. The number of benzene rings is 1. The number of fused-ring (bicyclic) bond motifs is 1. The number of rotatable bonds is 1. The number of halogens is 1. The maximum atomic E-state index is 5.95. The normalized spacial score (nSPS) is 14.1. The van der Waals surface area contributed by atoms with Crippen molar-refractivity contribution in [2.24, 2.45) is 0 Å². The summed E-state index contributed by atoms with van der Waals surface area (Å²) in [7, 11) is 0. The van der Waals surface area contributed by atoms with Crippen molar-refractivity contribution in [2.75, 3.05) is 5.73 Å². The Morgan fingerprint density at radius 2 is 2.06 bits per heavy atom. The fourth-order valence-electron chi connectivity index (χ4n) is 2.29. The first kappa shape index (κ1) is 10.1. The van der Waals surface area contributed by atoms with Crippen molar-refractivity contribution < 1.29 is 0 Å². The molecule has 0 amide bonds. The topological polar surface area (TPSA) is 43.8 Å². The molecule has 1 aliphatic rings.